The standard InChI is InChI=1S/C22H21N3O5S/c1-25-12-11-23-20(25)13-29-16-9-7-15(8-10-16)24-22(26)21-18(14-31(2,27)28)17-5-3-4-6-19(17)30-21/h3-12H,13-14H2,1-2H3,(H,24,26). The monoisotopic (exact) mass is 439 g/mol. The van der Waals surface area contributed by atoms with Gasteiger partial charge in [0.15, 0.2) is 15.6 Å². The number of carbonyl (C=O) groups excluding carboxylic acids is 1. The Hall–Kier alpha value is -3.59. The Bertz CT molecular complexity index is 1340. The highest BCUT2D eigenvalue weighted by Crippen LogP contribution is 2.28. The summed E-state index contributed by atoms with van der Waals surface area (Å²) in [6.07, 6.45) is 4.67. The molecule has 9 heteroatoms. The van der Waals surface area contributed by atoms with Crippen LogP contribution in [-0.4, -0.2) is 30.1 Å². The van der Waals surface area contributed by atoms with Gasteiger partial charge < -0.3 is 19.0 Å². The zero-order valence-corrected chi connectivity index (χ0v) is 17.8. The van der Waals surface area contributed by atoms with E-state index in [-0.39, 0.29) is 11.5 Å². The number of hydrogen-bond acceptors (Lipinski definition) is 6. The van der Waals surface area contributed by atoms with Crippen molar-refractivity contribution in [3.05, 3.63) is 78.1 Å². The van der Waals surface area contributed by atoms with Gasteiger partial charge in [-0.1, -0.05) is 18.2 Å². The van der Waals surface area contributed by atoms with Gasteiger partial charge in [-0.15, -0.1) is 0 Å². The molecule has 1 amide bonds. The van der Waals surface area contributed by atoms with Gasteiger partial charge in [0.1, 0.15) is 23.8 Å². The first kappa shape index (κ1) is 20.7. The minimum Gasteiger partial charge on any atom is -0.486 e. The lowest BCUT2D eigenvalue weighted by molar-refractivity contribution is 0.0998. The van der Waals surface area contributed by atoms with Gasteiger partial charge in [0.05, 0.1) is 5.75 Å². The van der Waals surface area contributed by atoms with Crippen LogP contribution < -0.4 is 10.1 Å². The molecule has 2 aromatic carbocycles. The maximum Gasteiger partial charge on any atom is 0.291 e. The van der Waals surface area contributed by atoms with Crippen LogP contribution in [0.25, 0.3) is 11.0 Å². The molecule has 0 spiro atoms. The third-order valence-corrected chi connectivity index (χ3v) is 5.53. The summed E-state index contributed by atoms with van der Waals surface area (Å²) in [5, 5.41) is 3.36. The van der Waals surface area contributed by atoms with Gasteiger partial charge in [0.2, 0.25) is 0 Å². The van der Waals surface area contributed by atoms with E-state index in [1.165, 1.54) is 0 Å². The largest absolute Gasteiger partial charge is 0.486 e. The van der Waals surface area contributed by atoms with Crippen molar-refractivity contribution in [2.75, 3.05) is 11.6 Å². The number of hydrogen-bond donors (Lipinski definition) is 1. The molecule has 8 nitrogen and oxygen atoms in total. The van der Waals surface area contributed by atoms with Gasteiger partial charge in [-0.2, -0.15) is 0 Å². The summed E-state index contributed by atoms with van der Waals surface area (Å²) < 4.78 is 37.0. The summed E-state index contributed by atoms with van der Waals surface area (Å²) in [4.78, 5) is 17.1. The predicted molar refractivity (Wildman–Crippen MR) is 117 cm³/mol. The number of imidazole rings is 1. The third-order valence-electron chi connectivity index (χ3n) is 4.71. The van der Waals surface area contributed by atoms with Crippen molar-refractivity contribution in [3.63, 3.8) is 0 Å². The van der Waals surface area contributed by atoms with Crippen LogP contribution in [-0.2, 0) is 29.2 Å². The van der Waals surface area contributed by atoms with Crippen LogP contribution in [0.3, 0.4) is 0 Å². The lowest BCUT2D eigenvalue weighted by Crippen LogP contribution is -2.14. The van der Waals surface area contributed by atoms with Crippen molar-refractivity contribution in [3.8, 4) is 5.75 Å². The minimum absolute atomic E-state index is 0.0123. The van der Waals surface area contributed by atoms with E-state index in [1.807, 2.05) is 17.8 Å². The van der Waals surface area contributed by atoms with E-state index in [2.05, 4.69) is 10.3 Å². The highest BCUT2D eigenvalue weighted by Gasteiger charge is 2.23. The van der Waals surface area contributed by atoms with E-state index in [0.29, 0.717) is 34.6 Å². The molecule has 4 aromatic rings. The Morgan fingerprint density at radius 1 is 1.16 bits per heavy atom. The molecule has 0 saturated heterocycles. The number of anilines is 1. The number of nitrogens with zero attached hydrogens (tertiary/aromatic N) is 2. The van der Waals surface area contributed by atoms with Crippen LogP contribution in [0.1, 0.15) is 21.9 Å². The number of ether oxygens (including phenoxy) is 1. The van der Waals surface area contributed by atoms with E-state index in [4.69, 9.17) is 9.15 Å². The molecule has 0 aliphatic carbocycles. The molecule has 2 aromatic heterocycles. The molecule has 0 aliphatic heterocycles. The smallest absolute Gasteiger partial charge is 0.291 e. The summed E-state index contributed by atoms with van der Waals surface area (Å²) in [5.74, 6) is 0.605. The Balaban J connectivity index is 1.51. The fraction of sp³-hybridized carbons (Fsp3) is 0.182. The summed E-state index contributed by atoms with van der Waals surface area (Å²) in [5.41, 5.74) is 1.34. The summed E-state index contributed by atoms with van der Waals surface area (Å²) >= 11 is 0. The average Bonchev–Trinajstić information content (AvgIpc) is 3.30. The Morgan fingerprint density at radius 2 is 1.90 bits per heavy atom. The lowest BCUT2D eigenvalue weighted by Gasteiger charge is -2.08. The molecule has 31 heavy (non-hydrogen) atoms. The molecule has 0 aliphatic rings. The van der Waals surface area contributed by atoms with Crippen molar-refractivity contribution in [1.29, 1.82) is 0 Å². The fourth-order valence-electron chi connectivity index (χ4n) is 3.19. The van der Waals surface area contributed by atoms with Gasteiger partial charge in [0, 0.05) is 42.3 Å². The number of sulfone groups is 1. The number of aryl methyl sites for hydroxylation is 1. The second kappa shape index (κ2) is 8.27. The van der Waals surface area contributed by atoms with Gasteiger partial charge in [-0.05, 0) is 30.3 Å². The van der Waals surface area contributed by atoms with Crippen molar-refractivity contribution >= 4 is 32.4 Å². The molecule has 0 radical (unpaired) electrons. The summed E-state index contributed by atoms with van der Waals surface area (Å²) in [6, 6.07) is 13.8. The molecule has 0 atom stereocenters. The summed E-state index contributed by atoms with van der Waals surface area (Å²) in [6.45, 7) is 0.322. The first-order chi connectivity index (χ1) is 14.8. The summed E-state index contributed by atoms with van der Waals surface area (Å²) in [7, 11) is -1.48. The fourth-order valence-corrected chi connectivity index (χ4v) is 4.00. The number of nitrogens with one attached hydrogen (secondary N) is 1. The maximum atomic E-state index is 12.9. The van der Waals surface area contributed by atoms with Crippen molar-refractivity contribution in [2.24, 2.45) is 7.05 Å². The minimum atomic E-state index is -3.36. The van der Waals surface area contributed by atoms with Gasteiger partial charge in [0.25, 0.3) is 5.91 Å². The Labute approximate surface area is 179 Å². The molecule has 2 heterocycles. The quantitative estimate of drug-likeness (QED) is 0.472. The van der Waals surface area contributed by atoms with E-state index in [1.54, 1.807) is 54.7 Å². The van der Waals surface area contributed by atoms with Crippen molar-refractivity contribution in [1.82, 2.24) is 9.55 Å². The molecule has 0 fully saturated rings. The number of benzene rings is 2. The number of para-hydroxylation sites is 1. The molecule has 4 rings (SSSR count). The van der Waals surface area contributed by atoms with Crippen LogP contribution in [0, 0.1) is 0 Å². The van der Waals surface area contributed by atoms with Crippen LogP contribution in [0.4, 0.5) is 5.69 Å². The first-order valence-corrected chi connectivity index (χ1v) is 11.5. The second-order valence-electron chi connectivity index (χ2n) is 7.20. The van der Waals surface area contributed by atoms with E-state index >= 15 is 0 Å². The maximum absolute atomic E-state index is 12.9. The van der Waals surface area contributed by atoms with Crippen LogP contribution >= 0.6 is 0 Å². The molecule has 0 saturated carbocycles. The van der Waals surface area contributed by atoms with Crippen molar-refractivity contribution in [2.45, 2.75) is 12.4 Å². The number of aromatic nitrogens is 2. The number of furan rings is 1. The predicted octanol–water partition coefficient (Wildman–Crippen LogP) is 3.54. The number of rotatable bonds is 7. The van der Waals surface area contributed by atoms with Gasteiger partial charge in [-0.25, -0.2) is 13.4 Å². The Morgan fingerprint density at radius 3 is 2.58 bits per heavy atom. The zero-order chi connectivity index (χ0) is 22.0. The first-order valence-electron chi connectivity index (χ1n) is 9.49. The van der Waals surface area contributed by atoms with Crippen LogP contribution in [0.2, 0.25) is 0 Å². The molecule has 160 valence electrons. The normalized spacial score (nSPS) is 11.5. The Kier molecular flexibility index (Phi) is 5.51. The SMILES string of the molecule is Cn1ccnc1COc1ccc(NC(=O)c2oc3ccccc3c2CS(C)(=O)=O)cc1. The number of carbonyl (C=O) groups is 1. The highest BCUT2D eigenvalue weighted by atomic mass is 32.2. The van der Waals surface area contributed by atoms with E-state index in [9.17, 15) is 13.2 Å². The van der Waals surface area contributed by atoms with Crippen LogP contribution in [0.15, 0.2) is 65.3 Å². The van der Waals surface area contributed by atoms with Crippen LogP contribution in [0.5, 0.6) is 5.75 Å². The third kappa shape index (κ3) is 4.77. The van der Waals surface area contributed by atoms with Crippen molar-refractivity contribution < 1.29 is 22.4 Å². The molecular weight excluding hydrogens is 418 g/mol. The number of amides is 1. The average molecular weight is 439 g/mol. The second-order valence-corrected chi connectivity index (χ2v) is 9.34. The molecule has 0 unspecified atom stereocenters. The van der Waals surface area contributed by atoms with Gasteiger partial charge >= 0.3 is 0 Å². The molecule has 1 N–H and O–H groups in total. The molecular formula is C22H21N3O5S. The van der Waals surface area contributed by atoms with E-state index in [0.717, 1.165) is 12.1 Å². The molecule has 0 bridgehead atoms. The lowest BCUT2D eigenvalue weighted by atomic mass is 10.1. The number of fused-ring (bicyclic) bond motifs is 1. The highest BCUT2D eigenvalue weighted by molar-refractivity contribution is 7.89. The topological polar surface area (TPSA) is 103 Å². The van der Waals surface area contributed by atoms with E-state index < -0.39 is 15.7 Å². The zero-order valence-electron chi connectivity index (χ0n) is 17.0. The van der Waals surface area contributed by atoms with Gasteiger partial charge in [-0.3, -0.25) is 4.79 Å².